The third-order valence-electron chi connectivity index (χ3n) is 2.90. The van der Waals surface area contributed by atoms with Gasteiger partial charge in [0.15, 0.2) is 0 Å². The average molecular weight is 321 g/mol. The maximum absolute atomic E-state index is 11.8. The molecule has 0 aromatic heterocycles. The summed E-state index contributed by atoms with van der Waals surface area (Å²) >= 11 is 0. The standard InChI is InChI=1S/C17H27N3O3/c1-13(10-20-16(22)23-17(2,3)4)18-12-15(21)19-11-14-8-6-5-7-9-14/h5-9,13,18H,10-12H2,1-4H3,(H,19,21)(H,20,22). The van der Waals surface area contributed by atoms with Gasteiger partial charge in [0.05, 0.1) is 6.54 Å². The highest BCUT2D eigenvalue weighted by molar-refractivity contribution is 5.78. The zero-order valence-corrected chi connectivity index (χ0v) is 14.3. The van der Waals surface area contributed by atoms with Gasteiger partial charge in [0.2, 0.25) is 5.91 Å². The van der Waals surface area contributed by atoms with Crippen molar-refractivity contribution < 1.29 is 14.3 Å². The SMILES string of the molecule is CC(CNC(=O)OC(C)(C)C)NCC(=O)NCc1ccccc1. The molecule has 6 nitrogen and oxygen atoms in total. The van der Waals surface area contributed by atoms with Gasteiger partial charge in [0.25, 0.3) is 0 Å². The number of amides is 2. The summed E-state index contributed by atoms with van der Waals surface area (Å²) < 4.78 is 5.14. The largest absolute Gasteiger partial charge is 0.444 e. The van der Waals surface area contributed by atoms with Gasteiger partial charge in [-0.3, -0.25) is 4.79 Å². The van der Waals surface area contributed by atoms with Gasteiger partial charge in [0, 0.05) is 19.1 Å². The van der Waals surface area contributed by atoms with Crippen LogP contribution in [0.1, 0.15) is 33.3 Å². The first kappa shape index (κ1) is 19.0. The van der Waals surface area contributed by atoms with Crippen LogP contribution in [0.5, 0.6) is 0 Å². The van der Waals surface area contributed by atoms with Crippen molar-refractivity contribution in [1.29, 1.82) is 0 Å². The third-order valence-corrected chi connectivity index (χ3v) is 2.90. The number of hydrogen-bond donors (Lipinski definition) is 3. The fraction of sp³-hybridized carbons (Fsp3) is 0.529. The maximum Gasteiger partial charge on any atom is 0.407 e. The van der Waals surface area contributed by atoms with Gasteiger partial charge >= 0.3 is 6.09 Å². The van der Waals surface area contributed by atoms with Gasteiger partial charge in [-0.15, -0.1) is 0 Å². The van der Waals surface area contributed by atoms with E-state index in [4.69, 9.17) is 4.74 Å². The molecule has 2 amide bonds. The first-order valence-corrected chi connectivity index (χ1v) is 7.77. The first-order chi connectivity index (χ1) is 10.8. The fourth-order valence-corrected chi connectivity index (χ4v) is 1.75. The maximum atomic E-state index is 11.8. The molecule has 1 aromatic carbocycles. The van der Waals surface area contributed by atoms with Crippen LogP contribution in [0.25, 0.3) is 0 Å². The Balaban J connectivity index is 2.16. The number of hydrogen-bond acceptors (Lipinski definition) is 4. The van der Waals surface area contributed by atoms with E-state index in [1.165, 1.54) is 0 Å². The van der Waals surface area contributed by atoms with E-state index in [-0.39, 0.29) is 18.5 Å². The predicted molar refractivity (Wildman–Crippen MR) is 90.0 cm³/mol. The lowest BCUT2D eigenvalue weighted by molar-refractivity contribution is -0.120. The van der Waals surface area contributed by atoms with Crippen LogP contribution in [0.15, 0.2) is 30.3 Å². The van der Waals surface area contributed by atoms with Crippen LogP contribution in [0, 0.1) is 0 Å². The molecule has 3 N–H and O–H groups in total. The van der Waals surface area contributed by atoms with E-state index in [1.54, 1.807) is 0 Å². The summed E-state index contributed by atoms with van der Waals surface area (Å²) in [6.45, 7) is 8.42. The van der Waals surface area contributed by atoms with Crippen LogP contribution >= 0.6 is 0 Å². The number of nitrogens with one attached hydrogen (secondary N) is 3. The summed E-state index contributed by atoms with van der Waals surface area (Å²) in [4.78, 5) is 23.3. The van der Waals surface area contributed by atoms with Gasteiger partial charge in [-0.2, -0.15) is 0 Å². The van der Waals surface area contributed by atoms with Crippen LogP contribution in [-0.4, -0.2) is 36.7 Å². The van der Waals surface area contributed by atoms with Crippen LogP contribution in [0.2, 0.25) is 0 Å². The Kier molecular flexibility index (Phi) is 7.54. The minimum atomic E-state index is -0.516. The van der Waals surface area contributed by atoms with Crippen LogP contribution < -0.4 is 16.0 Å². The van der Waals surface area contributed by atoms with Crippen molar-refractivity contribution in [2.75, 3.05) is 13.1 Å². The Hall–Kier alpha value is -2.08. The van der Waals surface area contributed by atoms with E-state index in [0.29, 0.717) is 13.1 Å². The Labute approximate surface area is 138 Å². The summed E-state index contributed by atoms with van der Waals surface area (Å²) in [6.07, 6.45) is -0.459. The summed E-state index contributed by atoms with van der Waals surface area (Å²) in [7, 11) is 0. The molecule has 6 heteroatoms. The number of carbonyl (C=O) groups excluding carboxylic acids is 2. The van der Waals surface area contributed by atoms with Crippen molar-refractivity contribution >= 4 is 12.0 Å². The molecule has 0 aliphatic rings. The van der Waals surface area contributed by atoms with E-state index in [0.717, 1.165) is 5.56 Å². The van der Waals surface area contributed by atoms with Crippen LogP contribution in [0.4, 0.5) is 4.79 Å². The normalized spacial score (nSPS) is 12.3. The molecule has 0 saturated heterocycles. The molecule has 1 atom stereocenters. The van der Waals surface area contributed by atoms with Gasteiger partial charge < -0.3 is 20.7 Å². The summed E-state index contributed by atoms with van der Waals surface area (Å²) in [5, 5.41) is 8.56. The van der Waals surface area contributed by atoms with E-state index in [1.807, 2.05) is 58.0 Å². The molecule has 1 rings (SSSR count). The number of carbonyl (C=O) groups is 2. The highest BCUT2D eigenvalue weighted by atomic mass is 16.6. The summed E-state index contributed by atoms with van der Waals surface area (Å²) in [6, 6.07) is 9.69. The molecule has 1 aromatic rings. The number of ether oxygens (including phenoxy) is 1. The molecular weight excluding hydrogens is 294 g/mol. The molecule has 0 fully saturated rings. The van der Waals surface area contributed by atoms with Gasteiger partial charge in [-0.05, 0) is 33.3 Å². The van der Waals surface area contributed by atoms with E-state index < -0.39 is 11.7 Å². The number of rotatable bonds is 7. The Morgan fingerprint density at radius 3 is 2.39 bits per heavy atom. The Morgan fingerprint density at radius 1 is 1.13 bits per heavy atom. The first-order valence-electron chi connectivity index (χ1n) is 7.77. The number of alkyl carbamates (subject to hydrolysis) is 1. The summed E-state index contributed by atoms with van der Waals surface area (Å²) in [5.74, 6) is -0.0852. The van der Waals surface area contributed by atoms with Gasteiger partial charge in [0.1, 0.15) is 5.60 Å². The van der Waals surface area contributed by atoms with Crippen molar-refractivity contribution in [3.63, 3.8) is 0 Å². The predicted octanol–water partition coefficient (Wildman–Crippen LogP) is 1.81. The van der Waals surface area contributed by atoms with Crippen LogP contribution in [-0.2, 0) is 16.1 Å². The Morgan fingerprint density at radius 2 is 1.78 bits per heavy atom. The molecule has 0 aliphatic carbocycles. The zero-order valence-electron chi connectivity index (χ0n) is 14.3. The lowest BCUT2D eigenvalue weighted by Gasteiger charge is -2.21. The lowest BCUT2D eigenvalue weighted by Crippen LogP contribution is -2.44. The van der Waals surface area contributed by atoms with E-state index in [2.05, 4.69) is 16.0 Å². The molecule has 0 saturated carbocycles. The highest BCUT2D eigenvalue weighted by Crippen LogP contribution is 2.06. The molecular formula is C17H27N3O3. The minimum Gasteiger partial charge on any atom is -0.444 e. The lowest BCUT2D eigenvalue weighted by atomic mass is 10.2. The average Bonchev–Trinajstić information content (AvgIpc) is 2.48. The number of benzene rings is 1. The van der Waals surface area contributed by atoms with Crippen molar-refractivity contribution in [3.05, 3.63) is 35.9 Å². The smallest absolute Gasteiger partial charge is 0.407 e. The second kappa shape index (κ2) is 9.15. The van der Waals surface area contributed by atoms with Crippen molar-refractivity contribution in [3.8, 4) is 0 Å². The second-order valence-corrected chi connectivity index (χ2v) is 6.43. The van der Waals surface area contributed by atoms with E-state index >= 15 is 0 Å². The molecule has 0 heterocycles. The molecule has 0 aliphatic heterocycles. The van der Waals surface area contributed by atoms with Gasteiger partial charge in [-0.25, -0.2) is 4.79 Å². The molecule has 0 spiro atoms. The minimum absolute atomic E-state index is 0.0370. The van der Waals surface area contributed by atoms with Crippen molar-refractivity contribution in [2.24, 2.45) is 0 Å². The zero-order chi connectivity index (χ0) is 17.3. The monoisotopic (exact) mass is 321 g/mol. The quantitative estimate of drug-likeness (QED) is 0.715. The fourth-order valence-electron chi connectivity index (χ4n) is 1.75. The third kappa shape index (κ3) is 9.52. The molecule has 23 heavy (non-hydrogen) atoms. The van der Waals surface area contributed by atoms with Gasteiger partial charge in [-0.1, -0.05) is 30.3 Å². The highest BCUT2D eigenvalue weighted by Gasteiger charge is 2.16. The topological polar surface area (TPSA) is 79.5 Å². The molecule has 0 bridgehead atoms. The molecule has 0 radical (unpaired) electrons. The summed E-state index contributed by atoms with van der Waals surface area (Å²) in [5.41, 5.74) is 0.540. The molecule has 1 unspecified atom stereocenters. The van der Waals surface area contributed by atoms with Crippen LogP contribution in [0.3, 0.4) is 0 Å². The molecule has 128 valence electrons. The van der Waals surface area contributed by atoms with E-state index in [9.17, 15) is 9.59 Å². The van der Waals surface area contributed by atoms with Crippen molar-refractivity contribution in [2.45, 2.75) is 45.9 Å². The second-order valence-electron chi connectivity index (χ2n) is 6.43. The van der Waals surface area contributed by atoms with Crippen molar-refractivity contribution in [1.82, 2.24) is 16.0 Å². The Bertz CT molecular complexity index is 498.